The summed E-state index contributed by atoms with van der Waals surface area (Å²) in [6.45, 7) is 0. The van der Waals surface area contributed by atoms with Gasteiger partial charge in [0.25, 0.3) is 0 Å². The minimum absolute atomic E-state index is 0.0223. The minimum Gasteiger partial charge on any atom is -0.424 e. The average Bonchev–Trinajstić information content (AvgIpc) is 3.34. The Morgan fingerprint density at radius 2 is 1.92 bits per heavy atom. The Bertz CT molecular complexity index is 1030. The van der Waals surface area contributed by atoms with E-state index < -0.39 is 37.7 Å². The van der Waals surface area contributed by atoms with E-state index >= 15 is 0 Å². The van der Waals surface area contributed by atoms with Crippen LogP contribution in [0.25, 0.3) is 11.3 Å². The maximum absolute atomic E-state index is 12.9. The fourth-order valence-electron chi connectivity index (χ4n) is 2.49. The predicted molar refractivity (Wildman–Crippen MR) is 83.5 cm³/mol. The molecule has 26 heavy (non-hydrogen) atoms. The fourth-order valence-corrected chi connectivity index (χ4v) is 3.39. The lowest BCUT2D eigenvalue weighted by molar-refractivity contribution is -0.137. The molecule has 1 fully saturated rings. The summed E-state index contributed by atoms with van der Waals surface area (Å²) in [7, 11) is -4.11. The smallest absolute Gasteiger partial charge is 0.416 e. The molecule has 0 atom stereocenters. The van der Waals surface area contributed by atoms with E-state index in [-0.39, 0.29) is 16.1 Å². The number of hydrogen-bond acceptors (Lipinski definition) is 6. The molecule has 1 aliphatic carbocycles. The summed E-state index contributed by atoms with van der Waals surface area (Å²) < 4.78 is 62.8. The molecular formula is C15H14F3N3O4S. The van der Waals surface area contributed by atoms with Crippen molar-refractivity contribution in [3.8, 4) is 11.3 Å². The number of benzene rings is 1. The van der Waals surface area contributed by atoms with Crippen LogP contribution in [-0.2, 0) is 22.4 Å². The van der Waals surface area contributed by atoms with Gasteiger partial charge >= 0.3 is 11.7 Å². The lowest BCUT2D eigenvalue weighted by Crippen LogP contribution is -2.27. The zero-order chi connectivity index (χ0) is 19.3. The molecule has 11 heteroatoms. The third kappa shape index (κ3) is 3.57. The van der Waals surface area contributed by atoms with Crippen LogP contribution in [0.3, 0.4) is 0 Å². The van der Waals surface area contributed by atoms with Gasteiger partial charge in [0.2, 0.25) is 0 Å². The molecule has 0 unspecified atom stereocenters. The first-order chi connectivity index (χ1) is 12.0. The molecule has 0 saturated heterocycles. The molecule has 3 rings (SSSR count). The van der Waals surface area contributed by atoms with Crippen molar-refractivity contribution in [2.75, 3.05) is 6.26 Å². The van der Waals surface area contributed by atoms with Gasteiger partial charge in [0.1, 0.15) is 0 Å². The topological polar surface area (TPSA) is 102 Å². The van der Waals surface area contributed by atoms with Crippen LogP contribution in [-0.4, -0.2) is 34.8 Å². The average molecular weight is 389 g/mol. The Morgan fingerprint density at radius 1 is 1.27 bits per heavy atom. The van der Waals surface area contributed by atoms with Gasteiger partial charge in [0.15, 0.2) is 21.4 Å². The van der Waals surface area contributed by atoms with Crippen molar-refractivity contribution in [3.63, 3.8) is 0 Å². The summed E-state index contributed by atoms with van der Waals surface area (Å²) in [4.78, 5) is 11.6. The second-order valence-corrected chi connectivity index (χ2v) is 8.19. The Morgan fingerprint density at radius 3 is 2.46 bits per heavy atom. The maximum Gasteiger partial charge on any atom is 0.416 e. The van der Waals surface area contributed by atoms with Crippen LogP contribution in [0.2, 0.25) is 0 Å². The van der Waals surface area contributed by atoms with Gasteiger partial charge in [-0.25, -0.2) is 8.42 Å². The first-order valence-electron chi connectivity index (χ1n) is 7.58. The SMILES string of the molecule is CS(=O)(=O)c1cc(C(F)(F)F)ccc1-c1nnc(CC2CC2)n(O)c1=O. The predicted octanol–water partition coefficient (Wildman–Crippen LogP) is 1.92. The van der Waals surface area contributed by atoms with Crippen LogP contribution in [0.1, 0.15) is 24.2 Å². The van der Waals surface area contributed by atoms with Gasteiger partial charge in [0.05, 0.1) is 10.5 Å². The van der Waals surface area contributed by atoms with E-state index in [1.807, 2.05) is 0 Å². The number of aromatic nitrogens is 3. The van der Waals surface area contributed by atoms with Crippen LogP contribution in [0.15, 0.2) is 27.9 Å². The summed E-state index contributed by atoms with van der Waals surface area (Å²) in [6, 6.07) is 1.92. The number of hydrogen-bond donors (Lipinski definition) is 1. The molecule has 1 saturated carbocycles. The van der Waals surface area contributed by atoms with Gasteiger partial charge in [-0.1, -0.05) is 6.07 Å². The van der Waals surface area contributed by atoms with Gasteiger partial charge in [-0.2, -0.15) is 13.2 Å². The second kappa shape index (κ2) is 6.08. The zero-order valence-electron chi connectivity index (χ0n) is 13.5. The van der Waals surface area contributed by atoms with E-state index in [0.29, 0.717) is 24.5 Å². The molecule has 0 aliphatic heterocycles. The monoisotopic (exact) mass is 389 g/mol. The van der Waals surface area contributed by atoms with Crippen LogP contribution in [0.5, 0.6) is 0 Å². The number of alkyl halides is 3. The van der Waals surface area contributed by atoms with Gasteiger partial charge in [-0.05, 0) is 30.9 Å². The van der Waals surface area contributed by atoms with Crippen molar-refractivity contribution < 1.29 is 26.8 Å². The van der Waals surface area contributed by atoms with Crippen molar-refractivity contribution >= 4 is 9.84 Å². The number of halogens is 3. The molecule has 0 spiro atoms. The van der Waals surface area contributed by atoms with E-state index in [9.17, 15) is 31.6 Å². The Balaban J connectivity index is 2.17. The lowest BCUT2D eigenvalue weighted by Gasteiger charge is -2.12. The van der Waals surface area contributed by atoms with Crippen LogP contribution in [0, 0.1) is 5.92 Å². The molecule has 0 radical (unpaired) electrons. The summed E-state index contributed by atoms with van der Waals surface area (Å²) in [5, 5.41) is 17.4. The third-order valence-electron chi connectivity index (χ3n) is 4.04. The summed E-state index contributed by atoms with van der Waals surface area (Å²) in [6.07, 6.45) is -1.82. The highest BCUT2D eigenvalue weighted by Crippen LogP contribution is 2.34. The minimum atomic E-state index is -4.76. The molecule has 1 heterocycles. The Labute approximate surface area is 146 Å². The fraction of sp³-hybridized carbons (Fsp3) is 0.400. The summed E-state index contributed by atoms with van der Waals surface area (Å²) in [5.41, 5.74) is -3.11. The van der Waals surface area contributed by atoms with Crippen molar-refractivity contribution in [2.45, 2.75) is 30.3 Å². The van der Waals surface area contributed by atoms with E-state index in [0.717, 1.165) is 25.2 Å². The maximum atomic E-state index is 12.9. The zero-order valence-corrected chi connectivity index (χ0v) is 14.3. The standard InChI is InChI=1S/C15H14F3N3O4S/c1-26(24,25)11-7-9(15(16,17)18)4-5-10(11)13-14(22)21(23)12(19-20-13)6-8-2-3-8/h4-5,7-8,23H,2-3,6H2,1H3. The van der Waals surface area contributed by atoms with E-state index in [1.165, 1.54) is 0 Å². The molecule has 7 nitrogen and oxygen atoms in total. The van der Waals surface area contributed by atoms with E-state index in [1.54, 1.807) is 0 Å². The first kappa shape index (κ1) is 18.4. The number of rotatable bonds is 4. The highest BCUT2D eigenvalue weighted by atomic mass is 32.2. The third-order valence-corrected chi connectivity index (χ3v) is 5.17. The van der Waals surface area contributed by atoms with Crippen LogP contribution in [0.4, 0.5) is 13.2 Å². The highest BCUT2D eigenvalue weighted by molar-refractivity contribution is 7.90. The molecule has 1 N–H and O–H groups in total. The molecule has 2 aromatic rings. The molecule has 0 amide bonds. The molecule has 1 aliphatic rings. The largest absolute Gasteiger partial charge is 0.424 e. The summed E-state index contributed by atoms with van der Waals surface area (Å²) in [5.74, 6) is 0.319. The highest BCUT2D eigenvalue weighted by Gasteiger charge is 2.33. The Kier molecular flexibility index (Phi) is 4.29. The molecule has 0 bridgehead atoms. The molecule has 140 valence electrons. The molecule has 1 aromatic carbocycles. The first-order valence-corrected chi connectivity index (χ1v) is 9.47. The van der Waals surface area contributed by atoms with Gasteiger partial charge < -0.3 is 5.21 Å². The quantitative estimate of drug-likeness (QED) is 0.802. The summed E-state index contributed by atoms with van der Waals surface area (Å²) >= 11 is 0. The van der Waals surface area contributed by atoms with E-state index in [4.69, 9.17) is 0 Å². The van der Waals surface area contributed by atoms with Crippen molar-refractivity contribution in [1.82, 2.24) is 14.9 Å². The molecule has 1 aromatic heterocycles. The number of sulfone groups is 1. The van der Waals surface area contributed by atoms with Gasteiger partial charge in [0, 0.05) is 18.2 Å². The van der Waals surface area contributed by atoms with Crippen molar-refractivity contribution in [3.05, 3.63) is 39.9 Å². The second-order valence-electron chi connectivity index (χ2n) is 6.21. The van der Waals surface area contributed by atoms with E-state index in [2.05, 4.69) is 10.2 Å². The van der Waals surface area contributed by atoms with Crippen molar-refractivity contribution in [1.29, 1.82) is 0 Å². The van der Waals surface area contributed by atoms with Gasteiger partial charge in [-0.15, -0.1) is 14.9 Å². The number of nitrogens with zero attached hydrogens (tertiary/aromatic N) is 3. The van der Waals surface area contributed by atoms with Crippen LogP contribution < -0.4 is 5.56 Å². The molecular weight excluding hydrogens is 375 g/mol. The normalized spacial score (nSPS) is 15.2. The van der Waals surface area contributed by atoms with Gasteiger partial charge in [-0.3, -0.25) is 4.79 Å². The van der Waals surface area contributed by atoms with Crippen LogP contribution >= 0.6 is 0 Å². The Hall–Kier alpha value is -2.43. The lowest BCUT2D eigenvalue weighted by atomic mass is 10.1. The van der Waals surface area contributed by atoms with Crippen molar-refractivity contribution in [2.24, 2.45) is 5.92 Å².